The highest BCUT2D eigenvalue weighted by Crippen LogP contribution is 2.09. The molecule has 0 saturated heterocycles. The second-order valence-electron chi connectivity index (χ2n) is 2.29. The van der Waals surface area contributed by atoms with Crippen LogP contribution in [0, 0.1) is 12.3 Å². The van der Waals surface area contributed by atoms with Gasteiger partial charge in [-0.25, -0.2) is 9.97 Å². The van der Waals surface area contributed by atoms with Gasteiger partial charge in [-0.3, -0.25) is 4.40 Å². The van der Waals surface area contributed by atoms with Crippen molar-refractivity contribution < 1.29 is 0 Å². The maximum Gasteiger partial charge on any atom is 0.180 e. The van der Waals surface area contributed by atoms with Gasteiger partial charge in [0.2, 0.25) is 0 Å². The van der Waals surface area contributed by atoms with E-state index >= 15 is 0 Å². The third-order valence-corrected chi connectivity index (χ3v) is 1.60. The Morgan fingerprint density at radius 1 is 1.50 bits per heavy atom. The van der Waals surface area contributed by atoms with Crippen LogP contribution in [0.4, 0.5) is 5.82 Å². The van der Waals surface area contributed by atoms with E-state index in [4.69, 9.17) is 12.2 Å². The monoisotopic (exact) mass is 158 g/mol. The third-order valence-electron chi connectivity index (χ3n) is 1.60. The van der Waals surface area contributed by atoms with Crippen molar-refractivity contribution in [1.82, 2.24) is 14.4 Å². The van der Waals surface area contributed by atoms with E-state index in [-0.39, 0.29) is 0 Å². The molecule has 58 valence electrons. The number of rotatable bonds is 0. The number of aromatic nitrogens is 3. The van der Waals surface area contributed by atoms with Gasteiger partial charge in [-0.05, 0) is 0 Å². The summed E-state index contributed by atoms with van der Waals surface area (Å²) in [5, 5.41) is 0. The molecule has 0 aliphatic heterocycles. The van der Waals surface area contributed by atoms with Gasteiger partial charge in [-0.2, -0.15) is 0 Å². The predicted molar refractivity (Wildman–Crippen MR) is 45.3 cm³/mol. The second kappa shape index (κ2) is 2.24. The first-order valence-electron chi connectivity index (χ1n) is 3.37. The Morgan fingerprint density at radius 3 is 3.08 bits per heavy atom. The molecule has 2 rings (SSSR count). The van der Waals surface area contributed by atoms with E-state index in [2.05, 4.69) is 15.9 Å². The number of hydrogen-bond acceptors (Lipinski definition) is 3. The molecular formula is C8H6N4. The standard InChI is InChI=1S/C8H6N4/c1-2-6-5-11-7(9)8-10-3-4-12(6)8/h1,3-5H,(H2,9,11). The molecule has 2 aromatic rings. The summed E-state index contributed by atoms with van der Waals surface area (Å²) in [5.41, 5.74) is 6.81. The maximum atomic E-state index is 5.56. The van der Waals surface area contributed by atoms with Crippen molar-refractivity contribution in [1.29, 1.82) is 0 Å². The van der Waals surface area contributed by atoms with Gasteiger partial charge < -0.3 is 5.73 Å². The Morgan fingerprint density at radius 2 is 2.33 bits per heavy atom. The average molecular weight is 158 g/mol. The number of imidazole rings is 1. The minimum Gasteiger partial charge on any atom is -0.381 e. The van der Waals surface area contributed by atoms with Crippen LogP contribution in [0.1, 0.15) is 5.69 Å². The van der Waals surface area contributed by atoms with Gasteiger partial charge in [-0.1, -0.05) is 5.92 Å². The summed E-state index contributed by atoms with van der Waals surface area (Å²) in [7, 11) is 0. The quantitative estimate of drug-likeness (QED) is 0.561. The van der Waals surface area contributed by atoms with Crippen LogP contribution in [0.3, 0.4) is 0 Å². The van der Waals surface area contributed by atoms with Crippen LogP contribution in [0.2, 0.25) is 0 Å². The van der Waals surface area contributed by atoms with Crippen LogP contribution < -0.4 is 5.73 Å². The second-order valence-corrected chi connectivity index (χ2v) is 2.29. The van der Waals surface area contributed by atoms with Crippen LogP contribution in [-0.2, 0) is 0 Å². The van der Waals surface area contributed by atoms with Gasteiger partial charge in [0, 0.05) is 12.4 Å². The van der Waals surface area contributed by atoms with Gasteiger partial charge in [0.05, 0.1) is 6.20 Å². The average Bonchev–Trinajstić information content (AvgIpc) is 2.54. The summed E-state index contributed by atoms with van der Waals surface area (Å²) >= 11 is 0. The van der Waals surface area contributed by atoms with Crippen molar-refractivity contribution in [3.8, 4) is 12.3 Å². The summed E-state index contributed by atoms with van der Waals surface area (Å²) in [5.74, 6) is 2.88. The molecule has 0 bridgehead atoms. The molecule has 0 spiro atoms. The lowest BCUT2D eigenvalue weighted by Crippen LogP contribution is -1.99. The number of nitrogen functional groups attached to an aromatic ring is 1. The minimum atomic E-state index is 0.388. The smallest absolute Gasteiger partial charge is 0.180 e. The maximum absolute atomic E-state index is 5.56. The van der Waals surface area contributed by atoms with Crippen molar-refractivity contribution in [3.05, 3.63) is 24.3 Å². The third kappa shape index (κ3) is 0.736. The van der Waals surface area contributed by atoms with E-state index < -0.39 is 0 Å². The molecule has 0 saturated carbocycles. The van der Waals surface area contributed by atoms with E-state index in [1.54, 1.807) is 23.0 Å². The molecular weight excluding hydrogens is 152 g/mol. The highest BCUT2D eigenvalue weighted by molar-refractivity contribution is 5.60. The summed E-state index contributed by atoms with van der Waals surface area (Å²) in [6.07, 6.45) is 10.2. The van der Waals surface area contributed by atoms with E-state index in [1.807, 2.05) is 0 Å². The zero-order valence-corrected chi connectivity index (χ0v) is 6.23. The molecule has 2 N–H and O–H groups in total. The summed E-state index contributed by atoms with van der Waals surface area (Å²) in [4.78, 5) is 7.91. The van der Waals surface area contributed by atoms with Crippen molar-refractivity contribution in [2.75, 3.05) is 5.73 Å². The lowest BCUT2D eigenvalue weighted by Gasteiger charge is -1.98. The molecule has 12 heavy (non-hydrogen) atoms. The minimum absolute atomic E-state index is 0.388. The highest BCUT2D eigenvalue weighted by atomic mass is 15.1. The molecule has 0 fully saturated rings. The molecule has 0 aliphatic rings. The van der Waals surface area contributed by atoms with Gasteiger partial charge in [0.25, 0.3) is 0 Å². The molecule has 4 nitrogen and oxygen atoms in total. The topological polar surface area (TPSA) is 56.2 Å². The Balaban J connectivity index is 2.94. The fourth-order valence-electron chi connectivity index (χ4n) is 1.04. The molecule has 2 heterocycles. The molecule has 4 heteroatoms. The SMILES string of the molecule is C#Cc1cnc(N)c2nccn12. The van der Waals surface area contributed by atoms with Gasteiger partial charge in [0.15, 0.2) is 11.5 Å². The molecule has 0 unspecified atom stereocenters. The first kappa shape index (κ1) is 6.68. The van der Waals surface area contributed by atoms with Crippen LogP contribution in [0.5, 0.6) is 0 Å². The van der Waals surface area contributed by atoms with E-state index in [9.17, 15) is 0 Å². The number of anilines is 1. The molecule has 0 aromatic carbocycles. The fraction of sp³-hybridized carbons (Fsp3) is 0. The largest absolute Gasteiger partial charge is 0.381 e. The Bertz CT molecular complexity index is 463. The first-order valence-corrected chi connectivity index (χ1v) is 3.37. The Kier molecular flexibility index (Phi) is 1.25. The zero-order valence-electron chi connectivity index (χ0n) is 6.23. The van der Waals surface area contributed by atoms with Crippen LogP contribution in [0.25, 0.3) is 5.65 Å². The van der Waals surface area contributed by atoms with E-state index in [0.717, 1.165) is 0 Å². The van der Waals surface area contributed by atoms with Gasteiger partial charge >= 0.3 is 0 Å². The van der Waals surface area contributed by atoms with Crippen LogP contribution in [0.15, 0.2) is 18.6 Å². The lowest BCUT2D eigenvalue weighted by molar-refractivity contribution is 1.11. The summed E-state index contributed by atoms with van der Waals surface area (Å²) in [6.45, 7) is 0. The van der Waals surface area contributed by atoms with E-state index in [0.29, 0.717) is 17.2 Å². The predicted octanol–water partition coefficient (Wildman–Crippen LogP) is 0.293. The van der Waals surface area contributed by atoms with Crippen molar-refractivity contribution in [2.24, 2.45) is 0 Å². The number of nitrogens with zero attached hydrogens (tertiary/aromatic N) is 3. The number of fused-ring (bicyclic) bond motifs is 1. The number of terminal acetylenes is 1. The van der Waals surface area contributed by atoms with Crippen molar-refractivity contribution in [2.45, 2.75) is 0 Å². The van der Waals surface area contributed by atoms with Crippen molar-refractivity contribution >= 4 is 11.5 Å². The molecule has 0 radical (unpaired) electrons. The van der Waals surface area contributed by atoms with Crippen LogP contribution >= 0.6 is 0 Å². The normalized spacial score (nSPS) is 9.92. The molecule has 2 aromatic heterocycles. The number of hydrogen-bond donors (Lipinski definition) is 1. The first-order chi connectivity index (χ1) is 5.83. The molecule has 0 atom stereocenters. The van der Waals surface area contributed by atoms with Crippen molar-refractivity contribution in [3.63, 3.8) is 0 Å². The van der Waals surface area contributed by atoms with Gasteiger partial charge in [-0.15, -0.1) is 6.42 Å². The Labute approximate surface area is 69.1 Å². The number of nitrogens with two attached hydrogens (primary N) is 1. The zero-order chi connectivity index (χ0) is 8.55. The summed E-state index contributed by atoms with van der Waals surface area (Å²) < 4.78 is 1.72. The lowest BCUT2D eigenvalue weighted by atomic mass is 10.4. The van der Waals surface area contributed by atoms with Gasteiger partial charge in [0.1, 0.15) is 5.69 Å². The van der Waals surface area contributed by atoms with E-state index in [1.165, 1.54) is 0 Å². The molecule has 0 aliphatic carbocycles. The Hall–Kier alpha value is -2.02. The highest BCUT2D eigenvalue weighted by Gasteiger charge is 2.02. The summed E-state index contributed by atoms with van der Waals surface area (Å²) in [6, 6.07) is 0. The fourth-order valence-corrected chi connectivity index (χ4v) is 1.04. The van der Waals surface area contributed by atoms with Crippen LogP contribution in [-0.4, -0.2) is 14.4 Å². The molecule has 0 amide bonds.